The van der Waals surface area contributed by atoms with Gasteiger partial charge in [-0.15, -0.1) is 0 Å². The highest BCUT2D eigenvalue weighted by Crippen LogP contribution is 2.07. The molecule has 1 atom stereocenters. The Morgan fingerprint density at radius 3 is 3.07 bits per heavy atom. The lowest BCUT2D eigenvalue weighted by molar-refractivity contribution is 0.170. The van der Waals surface area contributed by atoms with Crippen LogP contribution in [0.4, 0.5) is 5.95 Å². The van der Waals surface area contributed by atoms with E-state index in [2.05, 4.69) is 17.2 Å². The summed E-state index contributed by atoms with van der Waals surface area (Å²) in [5.74, 6) is 0.827. The van der Waals surface area contributed by atoms with Crippen LogP contribution in [0.1, 0.15) is 13.3 Å². The molecule has 0 aliphatic heterocycles. The van der Waals surface area contributed by atoms with Gasteiger partial charge in [0.2, 0.25) is 5.95 Å². The third kappa shape index (κ3) is 3.53. The molecule has 0 aliphatic rings. The van der Waals surface area contributed by atoms with Gasteiger partial charge in [-0.2, -0.15) is 0 Å². The first-order valence-electron chi connectivity index (χ1n) is 5.19. The van der Waals surface area contributed by atoms with Crippen LogP contribution in [0, 0.1) is 0 Å². The molecule has 15 heavy (non-hydrogen) atoms. The van der Waals surface area contributed by atoms with Crippen molar-refractivity contribution >= 4 is 5.95 Å². The van der Waals surface area contributed by atoms with E-state index in [1.54, 1.807) is 13.3 Å². The molecule has 0 bridgehead atoms. The number of aryl methyl sites for hydroxylation is 1. The first-order valence-corrected chi connectivity index (χ1v) is 5.19. The van der Waals surface area contributed by atoms with Crippen molar-refractivity contribution in [2.24, 2.45) is 0 Å². The fraction of sp³-hybridized carbons (Fsp3) is 0.700. The van der Waals surface area contributed by atoms with Gasteiger partial charge in [-0.1, -0.05) is 0 Å². The smallest absolute Gasteiger partial charge is 0.203 e. The third-order valence-electron chi connectivity index (χ3n) is 2.23. The molecule has 5 heteroatoms. The molecule has 0 fully saturated rings. The van der Waals surface area contributed by atoms with E-state index in [1.807, 2.05) is 10.8 Å². The van der Waals surface area contributed by atoms with Crippen LogP contribution < -0.4 is 5.32 Å². The van der Waals surface area contributed by atoms with E-state index in [1.165, 1.54) is 0 Å². The summed E-state index contributed by atoms with van der Waals surface area (Å²) < 4.78 is 7.08. The summed E-state index contributed by atoms with van der Waals surface area (Å²) in [6.45, 7) is 3.65. The summed E-state index contributed by atoms with van der Waals surface area (Å²) in [5.41, 5.74) is 0. The number of rotatable bonds is 7. The van der Waals surface area contributed by atoms with E-state index in [0.29, 0.717) is 13.0 Å². The van der Waals surface area contributed by atoms with Crippen molar-refractivity contribution in [3.05, 3.63) is 12.4 Å². The van der Waals surface area contributed by atoms with E-state index in [0.717, 1.165) is 12.5 Å². The van der Waals surface area contributed by atoms with E-state index in [4.69, 9.17) is 9.84 Å². The van der Waals surface area contributed by atoms with E-state index < -0.39 is 0 Å². The molecule has 0 aliphatic carbocycles. The van der Waals surface area contributed by atoms with Crippen LogP contribution in [-0.2, 0) is 11.3 Å². The highest BCUT2D eigenvalue weighted by molar-refractivity contribution is 5.27. The Hall–Kier alpha value is -1.07. The molecule has 1 rings (SSSR count). The second-order valence-electron chi connectivity index (χ2n) is 3.35. The van der Waals surface area contributed by atoms with Crippen molar-refractivity contribution in [2.75, 3.05) is 25.6 Å². The first kappa shape index (κ1) is 12.0. The zero-order valence-electron chi connectivity index (χ0n) is 9.31. The average molecular weight is 213 g/mol. The monoisotopic (exact) mass is 213 g/mol. The number of hydrogen-bond donors (Lipinski definition) is 2. The molecule has 0 amide bonds. The Bertz CT molecular complexity index is 269. The topological polar surface area (TPSA) is 59.3 Å². The molecule has 1 unspecified atom stereocenters. The molecule has 2 N–H and O–H groups in total. The zero-order chi connectivity index (χ0) is 11.1. The number of ether oxygens (including phenoxy) is 1. The number of methoxy groups -OCH3 is 1. The van der Waals surface area contributed by atoms with Gasteiger partial charge in [-0.25, -0.2) is 4.98 Å². The second-order valence-corrected chi connectivity index (χ2v) is 3.35. The molecule has 0 saturated heterocycles. The van der Waals surface area contributed by atoms with E-state index >= 15 is 0 Å². The molecule has 1 aromatic rings. The average Bonchev–Trinajstić information content (AvgIpc) is 2.66. The second kappa shape index (κ2) is 6.42. The molecule has 1 aromatic heterocycles. The fourth-order valence-electron chi connectivity index (χ4n) is 1.44. The van der Waals surface area contributed by atoms with Crippen LogP contribution in [0.2, 0.25) is 0 Å². The Morgan fingerprint density at radius 2 is 2.47 bits per heavy atom. The predicted molar refractivity (Wildman–Crippen MR) is 58.9 cm³/mol. The van der Waals surface area contributed by atoms with Crippen molar-refractivity contribution < 1.29 is 9.84 Å². The minimum absolute atomic E-state index is 0.104. The van der Waals surface area contributed by atoms with Gasteiger partial charge in [0, 0.05) is 32.7 Å². The van der Waals surface area contributed by atoms with Crippen LogP contribution in [0.15, 0.2) is 12.4 Å². The molecule has 0 saturated carbocycles. The third-order valence-corrected chi connectivity index (χ3v) is 2.23. The number of aliphatic hydroxyl groups is 1. The van der Waals surface area contributed by atoms with Gasteiger partial charge in [-0.05, 0) is 13.3 Å². The highest BCUT2D eigenvalue weighted by atomic mass is 16.5. The van der Waals surface area contributed by atoms with Crippen LogP contribution in [0.5, 0.6) is 0 Å². The number of imidazole rings is 1. The molecular weight excluding hydrogens is 194 g/mol. The van der Waals surface area contributed by atoms with Gasteiger partial charge in [0.15, 0.2) is 0 Å². The first-order chi connectivity index (χ1) is 7.31. The number of aromatic nitrogens is 2. The van der Waals surface area contributed by atoms with E-state index in [9.17, 15) is 0 Å². The van der Waals surface area contributed by atoms with Crippen molar-refractivity contribution in [3.8, 4) is 0 Å². The minimum atomic E-state index is 0.104. The van der Waals surface area contributed by atoms with Crippen molar-refractivity contribution in [1.29, 1.82) is 0 Å². The summed E-state index contributed by atoms with van der Waals surface area (Å²) in [5, 5.41) is 12.1. The quantitative estimate of drug-likeness (QED) is 0.700. The summed E-state index contributed by atoms with van der Waals surface area (Å²) in [6.07, 6.45) is 4.34. The fourth-order valence-corrected chi connectivity index (χ4v) is 1.44. The van der Waals surface area contributed by atoms with Crippen LogP contribution in [0.25, 0.3) is 0 Å². The van der Waals surface area contributed by atoms with Crippen LogP contribution in [0.3, 0.4) is 0 Å². The summed E-state index contributed by atoms with van der Waals surface area (Å²) in [6, 6.07) is 0.104. The predicted octanol–water partition coefficient (Wildman–Crippen LogP) is 0.712. The van der Waals surface area contributed by atoms with Gasteiger partial charge >= 0.3 is 0 Å². The normalized spacial score (nSPS) is 12.7. The molecule has 1 heterocycles. The van der Waals surface area contributed by atoms with Crippen molar-refractivity contribution in [1.82, 2.24) is 9.55 Å². The summed E-state index contributed by atoms with van der Waals surface area (Å²) in [7, 11) is 1.65. The van der Waals surface area contributed by atoms with Gasteiger partial charge in [-0.3, -0.25) is 0 Å². The summed E-state index contributed by atoms with van der Waals surface area (Å²) >= 11 is 0. The number of anilines is 1. The Kier molecular flexibility index (Phi) is 5.14. The van der Waals surface area contributed by atoms with Crippen molar-refractivity contribution in [3.63, 3.8) is 0 Å². The number of nitrogens with zero attached hydrogens (tertiary/aromatic N) is 2. The Morgan fingerprint density at radius 1 is 1.67 bits per heavy atom. The maximum Gasteiger partial charge on any atom is 0.203 e. The van der Waals surface area contributed by atoms with Gasteiger partial charge in [0.25, 0.3) is 0 Å². The lowest BCUT2D eigenvalue weighted by atomic mass is 10.2. The largest absolute Gasteiger partial charge is 0.396 e. The van der Waals surface area contributed by atoms with Gasteiger partial charge in [0.05, 0.1) is 12.6 Å². The van der Waals surface area contributed by atoms with Gasteiger partial charge < -0.3 is 19.7 Å². The highest BCUT2D eigenvalue weighted by Gasteiger charge is 2.10. The van der Waals surface area contributed by atoms with Crippen LogP contribution >= 0.6 is 0 Å². The van der Waals surface area contributed by atoms with E-state index in [-0.39, 0.29) is 12.6 Å². The number of hydrogen-bond acceptors (Lipinski definition) is 4. The number of nitrogens with one attached hydrogen (secondary N) is 1. The molecule has 86 valence electrons. The maximum absolute atomic E-state index is 8.90. The molecule has 0 spiro atoms. The lowest BCUT2D eigenvalue weighted by Crippen LogP contribution is -2.27. The molecule has 5 nitrogen and oxygen atoms in total. The standard InChI is InChI=1S/C10H19N3O2/c1-3-13-6-5-11-10(13)12-9(4-7-14)8-15-2/h5-6,9,14H,3-4,7-8H2,1-2H3,(H,11,12). The van der Waals surface area contributed by atoms with Crippen LogP contribution in [-0.4, -0.2) is 41.0 Å². The Labute approximate surface area is 90.1 Å². The molecule has 0 aromatic carbocycles. The molecule has 0 radical (unpaired) electrons. The zero-order valence-corrected chi connectivity index (χ0v) is 9.31. The Balaban J connectivity index is 2.56. The number of aliphatic hydroxyl groups excluding tert-OH is 1. The van der Waals surface area contributed by atoms with Gasteiger partial charge in [0.1, 0.15) is 0 Å². The maximum atomic E-state index is 8.90. The summed E-state index contributed by atoms with van der Waals surface area (Å²) in [4.78, 5) is 4.21. The molecular formula is C10H19N3O2. The SMILES string of the molecule is CCn1ccnc1NC(CCO)COC. The minimum Gasteiger partial charge on any atom is -0.396 e. The lowest BCUT2D eigenvalue weighted by Gasteiger charge is -2.17. The van der Waals surface area contributed by atoms with Crippen molar-refractivity contribution in [2.45, 2.75) is 25.9 Å².